The molecule has 3 rings (SSSR count). The maximum Gasteiger partial charge on any atom is 0.269 e. The van der Waals surface area contributed by atoms with Crippen LogP contribution in [0.5, 0.6) is 0 Å². The van der Waals surface area contributed by atoms with E-state index in [9.17, 15) is 23.8 Å². The maximum atomic E-state index is 13.3. The summed E-state index contributed by atoms with van der Waals surface area (Å²) in [6.07, 6.45) is 1.62. The number of nitrogens with one attached hydrogen (secondary N) is 2. The number of H-pyrrole nitrogens is 1. The van der Waals surface area contributed by atoms with Gasteiger partial charge >= 0.3 is 0 Å². The fraction of sp³-hybridized carbons (Fsp3) is 0.375. The van der Waals surface area contributed by atoms with Crippen LogP contribution < -0.4 is 5.32 Å². The fourth-order valence-corrected chi connectivity index (χ4v) is 2.87. The quantitative estimate of drug-likeness (QED) is 0.608. The number of halogens is 2. The van der Waals surface area contributed by atoms with Gasteiger partial charge in [-0.1, -0.05) is 6.07 Å². The standard InChI is InChI=1S/C16H18F2N4O3/c17-11-2-1-10(3-12(11)18)5-22-6-14(23)16(25,8-22)7-20-15(24)13-4-19-9-21-13/h1-4,9,14,23,25H,5-8H2,(H,19,21)(H,20,24)/t14-,16+/m1/s1. The van der Waals surface area contributed by atoms with E-state index in [0.29, 0.717) is 5.56 Å². The largest absolute Gasteiger partial charge is 0.389 e. The van der Waals surface area contributed by atoms with Crippen LogP contribution in [0.1, 0.15) is 16.1 Å². The summed E-state index contributed by atoms with van der Waals surface area (Å²) in [4.78, 5) is 20.0. The number of aliphatic hydroxyl groups excluding tert-OH is 1. The van der Waals surface area contributed by atoms with Crippen LogP contribution in [0.15, 0.2) is 30.7 Å². The van der Waals surface area contributed by atoms with Gasteiger partial charge in [-0.15, -0.1) is 0 Å². The van der Waals surface area contributed by atoms with Gasteiger partial charge in [0.25, 0.3) is 5.91 Å². The van der Waals surface area contributed by atoms with Gasteiger partial charge in [-0.3, -0.25) is 9.69 Å². The van der Waals surface area contributed by atoms with E-state index in [1.54, 1.807) is 4.90 Å². The molecule has 1 aliphatic rings. The van der Waals surface area contributed by atoms with Crippen molar-refractivity contribution < 1.29 is 23.8 Å². The lowest BCUT2D eigenvalue weighted by molar-refractivity contribution is -0.0377. The summed E-state index contributed by atoms with van der Waals surface area (Å²) in [5.74, 6) is -2.32. The highest BCUT2D eigenvalue weighted by atomic mass is 19.2. The minimum Gasteiger partial charge on any atom is -0.389 e. The van der Waals surface area contributed by atoms with Gasteiger partial charge in [0.2, 0.25) is 0 Å². The van der Waals surface area contributed by atoms with Gasteiger partial charge in [-0.25, -0.2) is 13.8 Å². The Morgan fingerprint density at radius 1 is 1.44 bits per heavy atom. The summed E-state index contributed by atoms with van der Waals surface area (Å²) < 4.78 is 26.3. The lowest BCUT2D eigenvalue weighted by Gasteiger charge is -2.26. The van der Waals surface area contributed by atoms with Gasteiger partial charge in [-0.05, 0) is 17.7 Å². The number of hydrogen-bond acceptors (Lipinski definition) is 5. The first-order chi connectivity index (χ1) is 11.9. The van der Waals surface area contributed by atoms with Crippen LogP contribution >= 0.6 is 0 Å². The number of carbonyl (C=O) groups excluding carboxylic acids is 1. The Hall–Kier alpha value is -2.36. The van der Waals surface area contributed by atoms with Crippen molar-refractivity contribution in [1.82, 2.24) is 20.2 Å². The monoisotopic (exact) mass is 352 g/mol. The molecule has 1 aromatic heterocycles. The fourth-order valence-electron chi connectivity index (χ4n) is 2.87. The van der Waals surface area contributed by atoms with E-state index in [4.69, 9.17) is 0 Å². The Kier molecular flexibility index (Phi) is 4.80. The van der Waals surface area contributed by atoms with Crippen LogP contribution in [0.25, 0.3) is 0 Å². The molecule has 2 aromatic rings. The number of rotatable bonds is 5. The predicted molar refractivity (Wildman–Crippen MR) is 83.5 cm³/mol. The first-order valence-electron chi connectivity index (χ1n) is 7.71. The predicted octanol–water partition coefficient (Wildman–Crippen LogP) is 0.0255. The summed E-state index contributed by atoms with van der Waals surface area (Å²) in [7, 11) is 0. The third-order valence-electron chi connectivity index (χ3n) is 4.24. The van der Waals surface area contributed by atoms with E-state index in [1.165, 1.54) is 18.6 Å². The smallest absolute Gasteiger partial charge is 0.269 e. The van der Waals surface area contributed by atoms with Crippen LogP contribution in [0, 0.1) is 11.6 Å². The molecule has 0 saturated carbocycles. The molecule has 25 heavy (non-hydrogen) atoms. The Bertz CT molecular complexity index is 756. The zero-order valence-corrected chi connectivity index (χ0v) is 13.2. The molecule has 1 amide bonds. The van der Waals surface area contributed by atoms with Crippen LogP contribution in [0.4, 0.5) is 8.78 Å². The zero-order valence-electron chi connectivity index (χ0n) is 13.2. The van der Waals surface area contributed by atoms with Crippen molar-refractivity contribution in [3.05, 3.63) is 53.6 Å². The number of β-amino-alcohol motifs (C(OH)–C–C–N with tert-alkyl or cyclic N) is 2. The maximum absolute atomic E-state index is 13.3. The van der Waals surface area contributed by atoms with Gasteiger partial charge in [0, 0.05) is 19.6 Å². The number of likely N-dealkylation sites (tertiary alicyclic amines) is 1. The van der Waals surface area contributed by atoms with Crippen LogP contribution in [-0.2, 0) is 6.54 Å². The molecule has 0 radical (unpaired) electrons. The molecule has 0 spiro atoms. The van der Waals surface area contributed by atoms with E-state index in [2.05, 4.69) is 15.3 Å². The number of aromatic nitrogens is 2. The molecule has 0 aliphatic carbocycles. The lowest BCUT2D eigenvalue weighted by Crippen LogP contribution is -2.51. The van der Waals surface area contributed by atoms with Gasteiger partial charge in [0.05, 0.1) is 25.2 Å². The van der Waals surface area contributed by atoms with Crippen LogP contribution in [0.3, 0.4) is 0 Å². The summed E-state index contributed by atoms with van der Waals surface area (Å²) in [6.45, 7) is 0.317. The molecule has 1 aromatic carbocycles. The SMILES string of the molecule is O=C(NC[C@]1(O)CN(Cc2ccc(F)c(F)c2)C[C@H]1O)c1cnc[nH]1. The molecule has 4 N–H and O–H groups in total. The molecule has 2 atom stereocenters. The molecular weight excluding hydrogens is 334 g/mol. The van der Waals surface area contributed by atoms with E-state index in [0.717, 1.165) is 12.1 Å². The van der Waals surface area contributed by atoms with Gasteiger partial charge < -0.3 is 20.5 Å². The molecule has 0 bridgehead atoms. The van der Waals surface area contributed by atoms with Crippen molar-refractivity contribution in [1.29, 1.82) is 0 Å². The van der Waals surface area contributed by atoms with Crippen LogP contribution in [0.2, 0.25) is 0 Å². The van der Waals surface area contributed by atoms with Crippen molar-refractivity contribution >= 4 is 5.91 Å². The third kappa shape index (κ3) is 3.84. The summed E-state index contributed by atoms with van der Waals surface area (Å²) in [5.41, 5.74) is -0.763. The molecule has 134 valence electrons. The van der Waals surface area contributed by atoms with E-state index < -0.39 is 29.2 Å². The summed E-state index contributed by atoms with van der Waals surface area (Å²) in [6, 6.07) is 3.56. The Labute approximate surface area is 142 Å². The number of aromatic amines is 1. The van der Waals surface area contributed by atoms with E-state index >= 15 is 0 Å². The topological polar surface area (TPSA) is 101 Å². The third-order valence-corrected chi connectivity index (χ3v) is 4.24. The average Bonchev–Trinajstić information content (AvgIpc) is 3.18. The molecule has 1 fully saturated rings. The summed E-state index contributed by atoms with van der Waals surface area (Å²) >= 11 is 0. The molecule has 2 heterocycles. The number of imidazole rings is 1. The van der Waals surface area contributed by atoms with Crippen LogP contribution in [-0.4, -0.2) is 62.3 Å². The first-order valence-corrected chi connectivity index (χ1v) is 7.71. The molecule has 1 saturated heterocycles. The minimum absolute atomic E-state index is 0.0798. The minimum atomic E-state index is -1.53. The van der Waals surface area contributed by atoms with Crippen molar-refractivity contribution in [3.63, 3.8) is 0 Å². The van der Waals surface area contributed by atoms with Crippen molar-refractivity contribution in [2.24, 2.45) is 0 Å². The molecule has 0 unspecified atom stereocenters. The molecule has 1 aliphatic heterocycles. The number of benzene rings is 1. The zero-order chi connectivity index (χ0) is 18.0. The Morgan fingerprint density at radius 2 is 2.24 bits per heavy atom. The highest BCUT2D eigenvalue weighted by Gasteiger charge is 2.44. The van der Waals surface area contributed by atoms with Gasteiger partial charge in [0.15, 0.2) is 11.6 Å². The van der Waals surface area contributed by atoms with Gasteiger partial charge in [0.1, 0.15) is 11.3 Å². The first kappa shape index (κ1) is 17.5. The second-order valence-electron chi connectivity index (χ2n) is 6.19. The van der Waals surface area contributed by atoms with Crippen molar-refractivity contribution in [3.8, 4) is 0 Å². The molecule has 7 nitrogen and oxygen atoms in total. The number of aliphatic hydroxyl groups is 2. The van der Waals surface area contributed by atoms with E-state index in [1.807, 2.05) is 0 Å². The second kappa shape index (κ2) is 6.87. The Morgan fingerprint density at radius 3 is 2.92 bits per heavy atom. The Balaban J connectivity index is 1.59. The number of hydrogen-bond donors (Lipinski definition) is 4. The highest BCUT2D eigenvalue weighted by Crippen LogP contribution is 2.23. The second-order valence-corrected chi connectivity index (χ2v) is 6.19. The van der Waals surface area contributed by atoms with Crippen molar-refractivity contribution in [2.75, 3.05) is 19.6 Å². The van der Waals surface area contributed by atoms with Crippen molar-refractivity contribution in [2.45, 2.75) is 18.2 Å². The normalized spacial score (nSPS) is 23.8. The highest BCUT2D eigenvalue weighted by molar-refractivity contribution is 5.92. The average molecular weight is 352 g/mol. The molecular formula is C16H18F2N4O3. The number of carbonyl (C=O) groups is 1. The lowest BCUT2D eigenvalue weighted by atomic mass is 10.0. The van der Waals surface area contributed by atoms with Gasteiger partial charge in [-0.2, -0.15) is 0 Å². The number of amides is 1. The molecule has 9 heteroatoms. The van der Waals surface area contributed by atoms with E-state index in [-0.39, 0.29) is 31.9 Å². The summed E-state index contributed by atoms with van der Waals surface area (Å²) in [5, 5.41) is 23.3. The number of nitrogens with zero attached hydrogens (tertiary/aromatic N) is 2.